The van der Waals surface area contributed by atoms with E-state index < -0.39 is 5.97 Å². The third-order valence-corrected chi connectivity index (χ3v) is 5.57. The van der Waals surface area contributed by atoms with E-state index in [9.17, 15) is 9.59 Å². The topological polar surface area (TPSA) is 77.3 Å². The summed E-state index contributed by atoms with van der Waals surface area (Å²) < 4.78 is 7.25. The summed E-state index contributed by atoms with van der Waals surface area (Å²) in [5.41, 5.74) is 2.59. The summed E-state index contributed by atoms with van der Waals surface area (Å²) in [7, 11) is 0. The first-order valence-corrected chi connectivity index (χ1v) is 11.5. The number of carbonyl (C=O) groups excluding carboxylic acids is 2. The molecule has 0 aliphatic rings. The average molecular weight is 459 g/mol. The summed E-state index contributed by atoms with van der Waals surface area (Å²) in [6, 6.07) is 25.4. The first-order chi connectivity index (χ1) is 16.1. The summed E-state index contributed by atoms with van der Waals surface area (Å²) in [5.74, 6) is -0.161. The molecule has 1 heterocycles. The van der Waals surface area contributed by atoms with Gasteiger partial charge in [0.15, 0.2) is 11.8 Å². The normalized spacial score (nSPS) is 10.6. The predicted octanol–water partition coefficient (Wildman–Crippen LogP) is 4.82. The van der Waals surface area contributed by atoms with Crippen LogP contribution in [-0.4, -0.2) is 39.5 Å². The quantitative estimate of drug-likeness (QED) is 0.292. The highest BCUT2D eigenvalue weighted by Gasteiger charge is 2.20. The molecule has 1 amide bonds. The molecule has 0 radical (unpaired) electrons. The lowest BCUT2D eigenvalue weighted by Crippen LogP contribution is -2.30. The summed E-state index contributed by atoms with van der Waals surface area (Å²) in [5, 5.41) is 8.98. The standard InChI is InChI=1S/C25H22N4O3S/c1-18-26-27-25(33-2)28(18)22-15-13-19(14-16-22)24(31)32-17-23(30)29(20-9-5-3-6-10-20)21-11-7-4-8-12-21/h3-16H,17H2,1-2H3. The van der Waals surface area contributed by atoms with Gasteiger partial charge in [-0.15, -0.1) is 10.2 Å². The van der Waals surface area contributed by atoms with Crippen LogP contribution in [0.1, 0.15) is 16.2 Å². The van der Waals surface area contributed by atoms with Crippen LogP contribution in [0.2, 0.25) is 0 Å². The van der Waals surface area contributed by atoms with Crippen LogP contribution in [0.5, 0.6) is 0 Å². The number of amides is 1. The van der Waals surface area contributed by atoms with Crippen molar-refractivity contribution in [2.45, 2.75) is 12.1 Å². The Bertz CT molecular complexity index is 1200. The fourth-order valence-corrected chi connectivity index (χ4v) is 3.93. The fourth-order valence-electron chi connectivity index (χ4n) is 3.39. The Kier molecular flexibility index (Phi) is 6.85. The Labute approximate surface area is 196 Å². The van der Waals surface area contributed by atoms with Crippen molar-refractivity contribution in [2.75, 3.05) is 17.8 Å². The number of aromatic nitrogens is 3. The van der Waals surface area contributed by atoms with Crippen LogP contribution in [0, 0.1) is 6.92 Å². The maximum atomic E-state index is 13.0. The smallest absolute Gasteiger partial charge is 0.338 e. The van der Waals surface area contributed by atoms with Gasteiger partial charge in [0, 0.05) is 17.1 Å². The van der Waals surface area contributed by atoms with Crippen LogP contribution in [0.15, 0.2) is 90.1 Å². The minimum Gasteiger partial charge on any atom is -0.452 e. The highest BCUT2D eigenvalue weighted by Crippen LogP contribution is 2.25. The molecule has 33 heavy (non-hydrogen) atoms. The molecule has 0 bridgehead atoms. The van der Waals surface area contributed by atoms with Crippen molar-refractivity contribution >= 4 is 35.0 Å². The molecule has 166 valence electrons. The number of hydrogen-bond acceptors (Lipinski definition) is 6. The molecule has 0 saturated carbocycles. The van der Waals surface area contributed by atoms with Gasteiger partial charge in [-0.05, 0) is 61.7 Å². The van der Waals surface area contributed by atoms with Crippen molar-refractivity contribution in [2.24, 2.45) is 0 Å². The zero-order chi connectivity index (χ0) is 23.2. The summed E-state index contributed by atoms with van der Waals surface area (Å²) in [6.45, 7) is 1.48. The molecule has 0 aliphatic heterocycles. The van der Waals surface area contributed by atoms with E-state index in [2.05, 4.69) is 10.2 Å². The van der Waals surface area contributed by atoms with E-state index in [1.807, 2.05) is 78.4 Å². The van der Waals surface area contributed by atoms with Crippen molar-refractivity contribution in [3.63, 3.8) is 0 Å². The number of aryl methyl sites for hydroxylation is 1. The summed E-state index contributed by atoms with van der Waals surface area (Å²) >= 11 is 1.49. The first-order valence-electron chi connectivity index (χ1n) is 10.2. The van der Waals surface area contributed by atoms with Crippen molar-refractivity contribution < 1.29 is 14.3 Å². The predicted molar refractivity (Wildman–Crippen MR) is 128 cm³/mol. The van der Waals surface area contributed by atoms with Crippen LogP contribution >= 0.6 is 11.8 Å². The van der Waals surface area contributed by atoms with Gasteiger partial charge >= 0.3 is 5.97 Å². The van der Waals surface area contributed by atoms with Crippen LogP contribution in [-0.2, 0) is 9.53 Å². The lowest BCUT2D eigenvalue weighted by molar-refractivity contribution is -0.120. The number of anilines is 2. The minimum atomic E-state index is -0.568. The SMILES string of the molecule is CSc1nnc(C)n1-c1ccc(C(=O)OCC(=O)N(c2ccccc2)c2ccccc2)cc1. The maximum Gasteiger partial charge on any atom is 0.338 e. The Hall–Kier alpha value is -3.91. The lowest BCUT2D eigenvalue weighted by Gasteiger charge is -2.22. The maximum absolute atomic E-state index is 13.0. The van der Waals surface area contributed by atoms with Gasteiger partial charge in [0.1, 0.15) is 5.82 Å². The molecule has 0 atom stereocenters. The second-order valence-electron chi connectivity index (χ2n) is 7.09. The zero-order valence-corrected chi connectivity index (χ0v) is 19.0. The van der Waals surface area contributed by atoms with Gasteiger partial charge in [0.25, 0.3) is 5.91 Å². The van der Waals surface area contributed by atoms with Crippen molar-refractivity contribution in [1.82, 2.24) is 14.8 Å². The second-order valence-corrected chi connectivity index (χ2v) is 7.87. The number of esters is 1. The number of ether oxygens (including phenoxy) is 1. The van der Waals surface area contributed by atoms with Crippen molar-refractivity contribution in [1.29, 1.82) is 0 Å². The molecule has 0 saturated heterocycles. The van der Waals surface area contributed by atoms with Crippen LogP contribution in [0.25, 0.3) is 5.69 Å². The van der Waals surface area contributed by atoms with Gasteiger partial charge in [-0.1, -0.05) is 48.2 Å². The van der Waals surface area contributed by atoms with Crippen molar-refractivity contribution in [3.05, 3.63) is 96.3 Å². The molecular weight excluding hydrogens is 436 g/mol. The molecular formula is C25H22N4O3S. The molecule has 4 aromatic rings. The van der Waals surface area contributed by atoms with Gasteiger partial charge in [0.2, 0.25) is 0 Å². The van der Waals surface area contributed by atoms with Gasteiger partial charge in [-0.25, -0.2) is 4.79 Å². The number of benzene rings is 3. The number of thioether (sulfide) groups is 1. The van der Waals surface area contributed by atoms with Crippen LogP contribution in [0.3, 0.4) is 0 Å². The monoisotopic (exact) mass is 458 g/mol. The molecule has 3 aromatic carbocycles. The van der Waals surface area contributed by atoms with Gasteiger partial charge in [0.05, 0.1) is 5.56 Å². The highest BCUT2D eigenvalue weighted by molar-refractivity contribution is 7.98. The molecule has 0 N–H and O–H groups in total. The van der Waals surface area contributed by atoms with Gasteiger partial charge < -0.3 is 4.74 Å². The molecule has 1 aromatic heterocycles. The Morgan fingerprint density at radius 2 is 1.45 bits per heavy atom. The van der Waals surface area contributed by atoms with E-state index in [1.54, 1.807) is 24.3 Å². The molecule has 0 unspecified atom stereocenters. The summed E-state index contributed by atoms with van der Waals surface area (Å²) in [4.78, 5) is 27.2. The second kappa shape index (κ2) is 10.1. The van der Waals surface area contributed by atoms with Gasteiger partial charge in [-0.3, -0.25) is 14.3 Å². The van der Waals surface area contributed by atoms with E-state index >= 15 is 0 Å². The van der Waals surface area contributed by atoms with E-state index in [1.165, 1.54) is 16.7 Å². The number of nitrogens with zero attached hydrogens (tertiary/aromatic N) is 4. The third-order valence-electron chi connectivity index (χ3n) is 4.94. The number of carbonyl (C=O) groups is 2. The largest absolute Gasteiger partial charge is 0.452 e. The number of hydrogen-bond donors (Lipinski definition) is 0. The first kappa shape index (κ1) is 22.3. The average Bonchev–Trinajstić information content (AvgIpc) is 3.24. The molecule has 4 rings (SSSR count). The molecule has 0 spiro atoms. The van der Waals surface area contributed by atoms with Crippen molar-refractivity contribution in [3.8, 4) is 5.69 Å². The van der Waals surface area contributed by atoms with Crippen LogP contribution < -0.4 is 4.90 Å². The van der Waals surface area contributed by atoms with E-state index in [-0.39, 0.29) is 12.5 Å². The third kappa shape index (κ3) is 4.96. The van der Waals surface area contributed by atoms with Gasteiger partial charge in [-0.2, -0.15) is 0 Å². The Morgan fingerprint density at radius 3 is 2.00 bits per heavy atom. The minimum absolute atomic E-state index is 0.345. The Balaban J connectivity index is 1.47. The zero-order valence-electron chi connectivity index (χ0n) is 18.2. The van der Waals surface area contributed by atoms with E-state index in [0.29, 0.717) is 16.9 Å². The van der Waals surface area contributed by atoms with E-state index in [0.717, 1.165) is 16.7 Å². The molecule has 0 fully saturated rings. The highest BCUT2D eigenvalue weighted by atomic mass is 32.2. The Morgan fingerprint density at radius 1 is 0.879 bits per heavy atom. The summed E-state index contributed by atoms with van der Waals surface area (Å²) in [6.07, 6.45) is 1.93. The number of rotatable bonds is 7. The number of para-hydroxylation sites is 2. The molecule has 7 nitrogen and oxygen atoms in total. The lowest BCUT2D eigenvalue weighted by atomic mass is 10.2. The molecule has 8 heteroatoms. The fraction of sp³-hybridized carbons (Fsp3) is 0.120. The van der Waals surface area contributed by atoms with Crippen LogP contribution in [0.4, 0.5) is 11.4 Å². The van der Waals surface area contributed by atoms with E-state index in [4.69, 9.17) is 4.74 Å². The molecule has 0 aliphatic carbocycles.